The SMILES string of the molecule is N[C@@H](CCS[S+](CC[C@H](N)C(=O)O)S(=O)(=O)O)C(=O)O. The molecule has 0 aromatic rings. The third kappa shape index (κ3) is 7.91. The molecule has 0 bridgehead atoms. The highest BCUT2D eigenvalue weighted by Gasteiger charge is 2.37. The highest BCUT2D eigenvalue weighted by atomic mass is 33.5. The molecule has 0 radical (unpaired) electrons. The summed E-state index contributed by atoms with van der Waals surface area (Å²) in [6, 6.07) is -2.33. The summed E-state index contributed by atoms with van der Waals surface area (Å²) >= 11 is 0. The molecule has 0 amide bonds. The van der Waals surface area contributed by atoms with E-state index < -0.39 is 42.1 Å². The number of hydrogen-bond donors (Lipinski definition) is 5. The van der Waals surface area contributed by atoms with Crippen LogP contribution in [0.1, 0.15) is 12.8 Å². The molecule has 0 rings (SSSR count). The first-order valence-electron chi connectivity index (χ1n) is 5.34. The maximum atomic E-state index is 11.1. The molecule has 9 nitrogen and oxygen atoms in total. The largest absolute Gasteiger partial charge is 0.480 e. The minimum absolute atomic E-state index is 0.0318. The van der Waals surface area contributed by atoms with Gasteiger partial charge in [0.05, 0.1) is 0 Å². The average molecular weight is 349 g/mol. The number of rotatable bonds is 10. The molecular weight excluding hydrogens is 332 g/mol. The van der Waals surface area contributed by atoms with Crippen molar-refractivity contribution in [3.63, 3.8) is 0 Å². The minimum atomic E-state index is -4.35. The maximum absolute atomic E-state index is 11.1. The lowest BCUT2D eigenvalue weighted by molar-refractivity contribution is -0.139. The monoisotopic (exact) mass is 349 g/mol. The first kappa shape index (κ1) is 19.5. The highest BCUT2D eigenvalue weighted by Crippen LogP contribution is 2.24. The second-order valence-electron chi connectivity index (χ2n) is 3.72. The van der Waals surface area contributed by atoms with Crippen molar-refractivity contribution in [2.75, 3.05) is 11.5 Å². The number of hydrogen-bond acceptors (Lipinski definition) is 7. The summed E-state index contributed by atoms with van der Waals surface area (Å²) in [6.07, 6.45) is -0.0831. The van der Waals surface area contributed by atoms with Gasteiger partial charge in [0.1, 0.15) is 28.6 Å². The summed E-state index contributed by atoms with van der Waals surface area (Å²) in [5, 5.41) is 17.1. The van der Waals surface area contributed by atoms with Gasteiger partial charge in [0.15, 0.2) is 0 Å². The second kappa shape index (κ2) is 8.69. The van der Waals surface area contributed by atoms with Gasteiger partial charge < -0.3 is 21.7 Å². The standard InChI is InChI=1S/C8H16N2O7S3/c9-5(7(11)12)1-3-18-19(20(15,16)17)4-2-6(10)8(13)14/h5-6H,1-4,9-10H2,(H2-,11,12,13,14,15,16,17)/p+1/t5-,6-,19?/m0/s1. The zero-order valence-electron chi connectivity index (χ0n) is 10.3. The molecule has 0 heterocycles. The van der Waals surface area contributed by atoms with Crippen LogP contribution in [0.2, 0.25) is 0 Å². The fraction of sp³-hybridized carbons (Fsp3) is 0.750. The van der Waals surface area contributed by atoms with Gasteiger partial charge in [-0.05, 0) is 6.42 Å². The van der Waals surface area contributed by atoms with E-state index in [9.17, 15) is 18.0 Å². The number of nitrogens with two attached hydrogens (primary N) is 2. The van der Waals surface area contributed by atoms with Gasteiger partial charge >= 0.3 is 21.1 Å². The number of aliphatic carboxylic acids is 2. The Kier molecular flexibility index (Phi) is 8.46. The third-order valence-electron chi connectivity index (χ3n) is 2.11. The van der Waals surface area contributed by atoms with Crippen LogP contribution < -0.4 is 11.5 Å². The molecule has 0 aliphatic heterocycles. The normalized spacial score (nSPS) is 16.4. The predicted octanol–water partition coefficient (Wildman–Crippen LogP) is -1.34. The molecule has 12 heteroatoms. The van der Waals surface area contributed by atoms with E-state index in [1.807, 2.05) is 0 Å². The molecule has 118 valence electrons. The Morgan fingerprint density at radius 3 is 1.95 bits per heavy atom. The predicted molar refractivity (Wildman–Crippen MR) is 76.7 cm³/mol. The van der Waals surface area contributed by atoms with Crippen molar-refractivity contribution in [3.8, 4) is 0 Å². The summed E-state index contributed by atoms with van der Waals surface area (Å²) in [4.78, 5) is 21.0. The van der Waals surface area contributed by atoms with E-state index in [0.29, 0.717) is 0 Å². The Hall–Kier alpha value is -0.530. The van der Waals surface area contributed by atoms with Crippen molar-refractivity contribution in [1.29, 1.82) is 0 Å². The Balaban J connectivity index is 4.38. The lowest BCUT2D eigenvalue weighted by Gasteiger charge is -2.07. The molecular formula is C8H17N2O7S3+. The molecule has 0 saturated carbocycles. The number of carboxylic acids is 2. The highest BCUT2D eigenvalue weighted by molar-refractivity contribution is 9.02. The molecule has 20 heavy (non-hydrogen) atoms. The molecule has 0 aromatic carbocycles. The minimum Gasteiger partial charge on any atom is -0.480 e. The van der Waals surface area contributed by atoms with E-state index in [1.54, 1.807) is 0 Å². The molecule has 0 aliphatic carbocycles. The smallest absolute Gasteiger partial charge is 0.459 e. The van der Waals surface area contributed by atoms with Gasteiger partial charge in [0.2, 0.25) is 8.96 Å². The van der Waals surface area contributed by atoms with Crippen molar-refractivity contribution >= 4 is 40.8 Å². The fourth-order valence-electron chi connectivity index (χ4n) is 0.963. The third-order valence-corrected chi connectivity index (χ3v) is 9.92. The van der Waals surface area contributed by atoms with Crippen molar-refractivity contribution in [3.05, 3.63) is 0 Å². The summed E-state index contributed by atoms with van der Waals surface area (Å²) in [6.45, 7) is 0. The first-order valence-corrected chi connectivity index (χ1v) is 10.2. The van der Waals surface area contributed by atoms with Crippen LogP contribution in [0, 0.1) is 0 Å². The van der Waals surface area contributed by atoms with E-state index in [-0.39, 0.29) is 24.3 Å². The van der Waals surface area contributed by atoms with E-state index in [1.165, 1.54) is 0 Å². The van der Waals surface area contributed by atoms with Crippen LogP contribution >= 0.6 is 10.8 Å². The second-order valence-corrected chi connectivity index (χ2v) is 11.3. The Morgan fingerprint density at radius 2 is 1.55 bits per heavy atom. The Bertz CT molecular complexity index is 441. The van der Waals surface area contributed by atoms with Gasteiger partial charge in [0, 0.05) is 12.2 Å². The summed E-state index contributed by atoms with van der Waals surface area (Å²) in [5.74, 6) is -2.48. The van der Waals surface area contributed by atoms with E-state index >= 15 is 0 Å². The number of carbonyl (C=O) groups is 2. The van der Waals surface area contributed by atoms with Crippen LogP contribution in [0.4, 0.5) is 0 Å². The molecule has 7 N–H and O–H groups in total. The van der Waals surface area contributed by atoms with Gasteiger partial charge in [-0.1, -0.05) is 0 Å². The van der Waals surface area contributed by atoms with Gasteiger partial charge in [-0.2, -0.15) is 0 Å². The summed E-state index contributed by atoms with van der Waals surface area (Å²) in [5.41, 5.74) is 10.5. The first-order chi connectivity index (χ1) is 9.05. The Labute approximate surface area is 122 Å². The lowest BCUT2D eigenvalue weighted by atomic mass is 10.2. The zero-order valence-corrected chi connectivity index (χ0v) is 12.8. The summed E-state index contributed by atoms with van der Waals surface area (Å²) in [7, 11) is -5.08. The fourth-order valence-corrected chi connectivity index (χ4v) is 6.88. The molecule has 0 saturated heterocycles. The van der Waals surface area contributed by atoms with Crippen LogP contribution in [0.15, 0.2) is 0 Å². The molecule has 1 unspecified atom stereocenters. The van der Waals surface area contributed by atoms with Crippen LogP contribution in [-0.4, -0.2) is 58.7 Å². The van der Waals surface area contributed by atoms with Gasteiger partial charge in [-0.15, -0.1) is 8.42 Å². The van der Waals surface area contributed by atoms with Crippen LogP contribution in [0.3, 0.4) is 0 Å². The van der Waals surface area contributed by atoms with Crippen molar-refractivity contribution in [2.24, 2.45) is 11.5 Å². The van der Waals surface area contributed by atoms with Gasteiger partial charge in [-0.3, -0.25) is 9.59 Å². The van der Waals surface area contributed by atoms with E-state index in [4.69, 9.17) is 26.2 Å². The van der Waals surface area contributed by atoms with Gasteiger partial charge in [0.25, 0.3) is 0 Å². The molecule has 0 spiro atoms. The van der Waals surface area contributed by atoms with Crippen molar-refractivity contribution in [2.45, 2.75) is 24.9 Å². The average Bonchev–Trinajstić information content (AvgIpc) is 2.30. The van der Waals surface area contributed by atoms with Gasteiger partial charge in [-0.25, -0.2) is 4.55 Å². The zero-order chi connectivity index (χ0) is 15.9. The maximum Gasteiger partial charge on any atom is 0.459 e. The molecule has 0 aromatic heterocycles. The van der Waals surface area contributed by atoms with Crippen LogP contribution in [0.25, 0.3) is 0 Å². The van der Waals surface area contributed by atoms with E-state index in [2.05, 4.69) is 0 Å². The van der Waals surface area contributed by atoms with Crippen molar-refractivity contribution in [1.82, 2.24) is 0 Å². The Morgan fingerprint density at radius 1 is 1.10 bits per heavy atom. The lowest BCUT2D eigenvalue weighted by Crippen LogP contribution is -2.33. The molecule has 3 atom stereocenters. The van der Waals surface area contributed by atoms with Crippen LogP contribution in [-0.2, 0) is 27.7 Å². The quantitative estimate of drug-likeness (QED) is 0.180. The van der Waals surface area contributed by atoms with Crippen molar-refractivity contribution < 1.29 is 32.8 Å². The summed E-state index contributed by atoms with van der Waals surface area (Å²) < 4.78 is 31.3. The number of carboxylic acid groups (broad SMARTS) is 2. The van der Waals surface area contributed by atoms with E-state index in [0.717, 1.165) is 10.8 Å². The van der Waals surface area contributed by atoms with Crippen LogP contribution in [0.5, 0.6) is 0 Å². The molecule has 0 aliphatic rings. The molecule has 0 fully saturated rings. The topological polar surface area (TPSA) is 181 Å².